The second-order valence-corrected chi connectivity index (χ2v) is 16.3. The Kier molecular flexibility index (Phi) is 8.62. The van der Waals surface area contributed by atoms with Gasteiger partial charge in [0.1, 0.15) is 97.9 Å². The fourth-order valence-electron chi connectivity index (χ4n) is 9.04. The van der Waals surface area contributed by atoms with E-state index in [1.165, 1.54) is 109 Å². The van der Waals surface area contributed by atoms with Crippen molar-refractivity contribution in [1.82, 2.24) is 0 Å². The molecule has 6 aliphatic heterocycles. The van der Waals surface area contributed by atoms with Crippen LogP contribution in [0.25, 0.3) is 11.1 Å². The van der Waals surface area contributed by atoms with Crippen molar-refractivity contribution in [3.05, 3.63) is 95.1 Å². The van der Waals surface area contributed by atoms with Crippen LogP contribution in [-0.4, -0.2) is 128 Å². The molecule has 0 saturated carbocycles. The van der Waals surface area contributed by atoms with Gasteiger partial charge < -0.3 is 27.8 Å². The quantitative estimate of drug-likeness (QED) is 0.239. The van der Waals surface area contributed by atoms with Crippen molar-refractivity contribution in [3.63, 3.8) is 0 Å². The van der Waals surface area contributed by atoms with Gasteiger partial charge in [-0.2, -0.15) is 0 Å². The predicted molar refractivity (Wildman–Crippen MR) is 185 cm³/mol. The summed E-state index contributed by atoms with van der Waals surface area (Å²) >= 11 is 0. The molecule has 2 atom stereocenters. The third kappa shape index (κ3) is 6.95. The van der Waals surface area contributed by atoms with Crippen LogP contribution in [0.2, 0.25) is 0 Å². The molecule has 7 nitrogen and oxygen atoms in total. The van der Waals surface area contributed by atoms with Gasteiger partial charge in [0.25, 0.3) is 0 Å². The summed E-state index contributed by atoms with van der Waals surface area (Å²) in [5, 5.41) is 10.2. The number of hydrogen-bond donors (Lipinski definition) is 1. The van der Waals surface area contributed by atoms with Gasteiger partial charge in [-0.15, -0.1) is 0 Å². The smallest absolute Gasteiger partial charge is 0.307 e. The normalized spacial score (nSPS) is 30.9. The van der Waals surface area contributed by atoms with Gasteiger partial charge in [0.2, 0.25) is 0 Å². The summed E-state index contributed by atoms with van der Waals surface area (Å²) in [6.07, 6.45) is 1.66. The van der Waals surface area contributed by atoms with Crippen LogP contribution >= 0.6 is 0 Å². The first kappa shape index (κ1) is 32.2. The van der Waals surface area contributed by atoms with Crippen LogP contribution in [0.1, 0.15) is 22.3 Å². The highest BCUT2D eigenvalue weighted by atomic mass is 16.4. The molecule has 0 unspecified atom stereocenters. The van der Waals surface area contributed by atoms with E-state index in [0.29, 0.717) is 12.8 Å². The molecule has 248 valence electrons. The van der Waals surface area contributed by atoms with Crippen molar-refractivity contribution in [3.8, 4) is 11.1 Å². The first-order valence-corrected chi connectivity index (χ1v) is 17.9. The van der Waals surface area contributed by atoms with E-state index in [1.54, 1.807) is 0 Å². The molecule has 0 radical (unpaired) electrons. The summed E-state index contributed by atoms with van der Waals surface area (Å²) in [5.74, 6) is -2.25. The zero-order valence-electron chi connectivity index (χ0n) is 28.5. The van der Waals surface area contributed by atoms with Crippen LogP contribution in [0.4, 0.5) is 0 Å². The highest BCUT2D eigenvalue weighted by Gasteiger charge is 2.47. The number of aldehydes is 1. The summed E-state index contributed by atoms with van der Waals surface area (Å²) in [5.41, 5.74) is 7.02. The minimum absolute atomic E-state index is 0.340. The number of piperazine rings is 6. The molecule has 9 rings (SSSR count). The lowest BCUT2D eigenvalue weighted by molar-refractivity contribution is -1.08. The maximum atomic E-state index is 12.5. The lowest BCUT2D eigenvalue weighted by Crippen LogP contribution is -2.73. The molecule has 3 aromatic rings. The molecular formula is C40H54N4O3+4. The number of aliphatic carboxylic acids is 1. The van der Waals surface area contributed by atoms with Crippen LogP contribution in [-0.2, 0) is 35.5 Å². The first-order chi connectivity index (χ1) is 22.6. The largest absolute Gasteiger partial charge is 0.481 e. The number of nitrogens with zero attached hydrogens (tertiary/aromatic N) is 4. The number of quaternary nitrogens is 4. The van der Waals surface area contributed by atoms with Gasteiger partial charge in [0.05, 0.1) is 20.0 Å². The molecule has 47 heavy (non-hydrogen) atoms. The summed E-state index contributed by atoms with van der Waals surface area (Å²) in [7, 11) is 4.80. The Hall–Kier alpha value is -3.36. The molecule has 7 heteroatoms. The van der Waals surface area contributed by atoms with E-state index in [1.807, 2.05) is 12.1 Å². The monoisotopic (exact) mass is 638 g/mol. The van der Waals surface area contributed by atoms with Gasteiger partial charge in [-0.1, -0.05) is 72.8 Å². The molecule has 6 fully saturated rings. The van der Waals surface area contributed by atoms with Gasteiger partial charge in [-0.25, -0.2) is 0 Å². The molecule has 0 amide bonds. The van der Waals surface area contributed by atoms with Crippen LogP contribution in [0.15, 0.2) is 72.8 Å². The van der Waals surface area contributed by atoms with E-state index >= 15 is 0 Å². The summed E-state index contributed by atoms with van der Waals surface area (Å²) in [4.78, 5) is 24.9. The predicted octanol–water partition coefficient (Wildman–Crippen LogP) is 4.24. The van der Waals surface area contributed by atoms with Crippen molar-refractivity contribution in [2.45, 2.75) is 25.9 Å². The Morgan fingerprint density at radius 2 is 1.06 bits per heavy atom. The summed E-state index contributed by atoms with van der Waals surface area (Å²) < 4.78 is 4.86. The third-order valence-corrected chi connectivity index (χ3v) is 12.9. The van der Waals surface area contributed by atoms with Crippen LogP contribution < -0.4 is 0 Å². The van der Waals surface area contributed by atoms with Gasteiger partial charge in [-0.05, 0) is 35.1 Å². The zero-order valence-corrected chi connectivity index (χ0v) is 28.5. The molecule has 0 aromatic heterocycles. The Balaban J connectivity index is 0.977. The average Bonchev–Trinajstić information content (AvgIpc) is 3.08. The minimum atomic E-state index is -0.906. The molecule has 6 saturated heterocycles. The Bertz CT molecular complexity index is 1550. The van der Waals surface area contributed by atoms with E-state index in [0.717, 1.165) is 40.5 Å². The number of rotatable bonds is 12. The van der Waals surface area contributed by atoms with Gasteiger partial charge in [0.15, 0.2) is 0 Å². The lowest BCUT2D eigenvalue weighted by atomic mass is 9.83. The molecule has 4 bridgehead atoms. The SMILES string of the molecule is C[N+]12CC[N+](Cc3ccc(-c4ccc(C[C@H](C(=O)O)[C@@H](C=O)Cc5cccc(C[N+]67CC[N+](C)(CC6)CC7)c5)cc4)cc3)(CC1)CC2. The Morgan fingerprint density at radius 1 is 0.617 bits per heavy atom. The van der Waals surface area contributed by atoms with Crippen molar-refractivity contribution < 1.29 is 32.6 Å². The van der Waals surface area contributed by atoms with E-state index in [4.69, 9.17) is 0 Å². The number of carboxylic acid groups (broad SMARTS) is 1. The number of likely N-dealkylation sites (N-methyl/N-ethyl adjacent to an activating group) is 2. The fraction of sp³-hybridized carbons (Fsp3) is 0.500. The van der Waals surface area contributed by atoms with Crippen LogP contribution in [0, 0.1) is 11.8 Å². The van der Waals surface area contributed by atoms with E-state index < -0.39 is 17.8 Å². The fourth-order valence-corrected chi connectivity index (χ4v) is 9.04. The topological polar surface area (TPSA) is 54.4 Å². The molecule has 1 N–H and O–H groups in total. The maximum absolute atomic E-state index is 12.5. The minimum Gasteiger partial charge on any atom is -0.481 e. The highest BCUT2D eigenvalue weighted by molar-refractivity contribution is 5.75. The number of carboxylic acids is 1. The molecular weight excluding hydrogens is 584 g/mol. The van der Waals surface area contributed by atoms with Crippen molar-refractivity contribution >= 4 is 12.3 Å². The van der Waals surface area contributed by atoms with Gasteiger partial charge >= 0.3 is 5.97 Å². The Labute approximate surface area is 281 Å². The lowest BCUT2D eigenvalue weighted by Gasteiger charge is -2.54. The molecule has 0 aliphatic carbocycles. The van der Waals surface area contributed by atoms with Gasteiger partial charge in [0, 0.05) is 17.0 Å². The zero-order chi connectivity index (χ0) is 32.7. The third-order valence-electron chi connectivity index (χ3n) is 12.9. The molecule has 0 spiro atoms. The standard InChI is InChI=1S/C40H53N4O3/c1-41-14-20-43(21-15-41,22-16-41)29-33-8-12-37(13-9-33)36-10-6-32(7-11-36)28-39(40(46)47)38(31-45)27-34-4-3-5-35(26-34)30-44-23-17-42(2,18-24-44)19-25-44/h3-13,26,31,38-39H,14-25,27-30H2,1-2H3/q+3/p+1/t38-,39+,41?,42?,43?,44?/m1/s1. The highest BCUT2D eigenvalue weighted by Crippen LogP contribution is 2.30. The number of carbonyl (C=O) groups is 2. The molecule has 6 aliphatic rings. The van der Waals surface area contributed by atoms with Gasteiger partial charge in [-0.3, -0.25) is 4.79 Å². The maximum Gasteiger partial charge on any atom is 0.307 e. The van der Waals surface area contributed by atoms with E-state index in [2.05, 4.69) is 74.8 Å². The summed E-state index contributed by atoms with van der Waals surface area (Å²) in [6.45, 7) is 17.3. The second kappa shape index (κ2) is 12.6. The van der Waals surface area contributed by atoms with Crippen LogP contribution in [0.5, 0.6) is 0 Å². The average molecular weight is 639 g/mol. The van der Waals surface area contributed by atoms with Crippen molar-refractivity contribution in [1.29, 1.82) is 0 Å². The Morgan fingerprint density at radius 3 is 1.53 bits per heavy atom. The molecule has 6 heterocycles. The van der Waals surface area contributed by atoms with Crippen molar-refractivity contribution in [2.24, 2.45) is 11.8 Å². The van der Waals surface area contributed by atoms with Crippen LogP contribution in [0.3, 0.4) is 0 Å². The second-order valence-electron chi connectivity index (χ2n) is 16.3. The number of fused-ring (bicyclic) bond motifs is 6. The first-order valence-electron chi connectivity index (χ1n) is 17.9. The van der Waals surface area contributed by atoms with E-state index in [9.17, 15) is 14.7 Å². The number of carbonyl (C=O) groups excluding carboxylic acids is 1. The molecule has 3 aromatic carbocycles. The summed E-state index contributed by atoms with van der Waals surface area (Å²) in [6, 6.07) is 25.8. The number of benzene rings is 3. The van der Waals surface area contributed by atoms with E-state index in [-0.39, 0.29) is 0 Å². The van der Waals surface area contributed by atoms with Crippen molar-refractivity contribution in [2.75, 3.05) is 92.6 Å². The number of hydrogen-bond acceptors (Lipinski definition) is 2.